The first-order valence-electron chi connectivity index (χ1n) is 9.01. The number of para-hydroxylation sites is 2. The molecule has 0 aliphatic heterocycles. The summed E-state index contributed by atoms with van der Waals surface area (Å²) in [6, 6.07) is 22.6. The molecular weight excluding hydrogens is 373 g/mol. The van der Waals surface area contributed by atoms with Crippen molar-refractivity contribution in [1.82, 2.24) is 4.98 Å². The van der Waals surface area contributed by atoms with Gasteiger partial charge in [0.1, 0.15) is 17.0 Å². The summed E-state index contributed by atoms with van der Waals surface area (Å²) < 4.78 is 21.0. The van der Waals surface area contributed by atoms with Crippen molar-refractivity contribution < 1.29 is 8.81 Å². The van der Waals surface area contributed by atoms with E-state index in [4.69, 9.17) is 16.0 Å². The lowest BCUT2D eigenvalue weighted by Crippen LogP contribution is -1.87. The van der Waals surface area contributed by atoms with Gasteiger partial charge < -0.3 is 9.40 Å². The highest BCUT2D eigenvalue weighted by Gasteiger charge is 2.20. The molecule has 1 N–H and O–H groups in total. The number of hydrogen-bond acceptors (Lipinski definition) is 1. The highest BCUT2D eigenvalue weighted by Crippen LogP contribution is 2.43. The van der Waals surface area contributed by atoms with E-state index in [-0.39, 0.29) is 5.82 Å². The van der Waals surface area contributed by atoms with Crippen LogP contribution in [-0.4, -0.2) is 4.98 Å². The molecule has 0 bridgehead atoms. The summed E-state index contributed by atoms with van der Waals surface area (Å²) in [5.41, 5.74) is 4.68. The van der Waals surface area contributed by atoms with Gasteiger partial charge >= 0.3 is 0 Å². The molecule has 2 aromatic heterocycles. The first-order valence-corrected chi connectivity index (χ1v) is 9.38. The fourth-order valence-electron chi connectivity index (χ4n) is 4.11. The highest BCUT2D eigenvalue weighted by atomic mass is 35.5. The van der Waals surface area contributed by atoms with Crippen molar-refractivity contribution >= 4 is 55.3 Å². The summed E-state index contributed by atoms with van der Waals surface area (Å²) in [6.45, 7) is 0. The van der Waals surface area contributed by atoms with Crippen molar-refractivity contribution in [2.75, 3.05) is 0 Å². The average Bonchev–Trinajstić information content (AvgIpc) is 3.27. The van der Waals surface area contributed by atoms with Crippen molar-refractivity contribution in [3.05, 3.63) is 83.6 Å². The Morgan fingerprint density at radius 1 is 0.786 bits per heavy atom. The highest BCUT2D eigenvalue weighted by molar-refractivity contribution is 6.31. The zero-order valence-electron chi connectivity index (χ0n) is 14.6. The zero-order chi connectivity index (χ0) is 18.8. The van der Waals surface area contributed by atoms with E-state index in [0.29, 0.717) is 10.6 Å². The molecule has 6 rings (SSSR count). The molecule has 6 aromatic rings. The fraction of sp³-hybridized carbons (Fsp3) is 0. The topological polar surface area (TPSA) is 28.9 Å². The number of benzene rings is 4. The summed E-state index contributed by atoms with van der Waals surface area (Å²) in [4.78, 5) is 3.46. The third-order valence-electron chi connectivity index (χ3n) is 5.34. The predicted octanol–water partition coefficient (Wildman–Crippen LogP) is 7.68. The normalized spacial score (nSPS) is 11.9. The summed E-state index contributed by atoms with van der Waals surface area (Å²) in [5, 5.41) is 4.47. The molecule has 28 heavy (non-hydrogen) atoms. The third-order valence-corrected chi connectivity index (χ3v) is 5.58. The summed E-state index contributed by atoms with van der Waals surface area (Å²) in [6.07, 6.45) is 0. The Labute approximate surface area is 164 Å². The molecule has 0 fully saturated rings. The lowest BCUT2D eigenvalue weighted by atomic mass is 9.98. The standard InChI is InChI=1S/C24H13ClFNO/c25-13-9-10-19(26)16(11-13)17-12-18-14-5-2-4-8-21(14)28-24(18)22-15-6-1-3-7-20(15)27-23(17)22/h1-12,27H. The minimum Gasteiger partial charge on any atom is -0.455 e. The molecule has 0 radical (unpaired) electrons. The Balaban J connectivity index is 1.90. The Bertz CT molecular complexity index is 1540. The zero-order valence-corrected chi connectivity index (χ0v) is 15.3. The van der Waals surface area contributed by atoms with Gasteiger partial charge in [-0.1, -0.05) is 48.0 Å². The maximum absolute atomic E-state index is 14.8. The number of aromatic nitrogens is 1. The van der Waals surface area contributed by atoms with Crippen LogP contribution in [0.15, 0.2) is 77.2 Å². The van der Waals surface area contributed by atoms with Gasteiger partial charge in [0.25, 0.3) is 0 Å². The number of halogens is 2. The number of H-pyrrole nitrogens is 1. The van der Waals surface area contributed by atoms with Crippen molar-refractivity contribution in [3.63, 3.8) is 0 Å². The molecule has 0 atom stereocenters. The quantitative estimate of drug-likeness (QED) is 0.309. The van der Waals surface area contributed by atoms with E-state index >= 15 is 0 Å². The van der Waals surface area contributed by atoms with Crippen LogP contribution in [0.5, 0.6) is 0 Å². The molecule has 2 nitrogen and oxygen atoms in total. The number of aromatic amines is 1. The van der Waals surface area contributed by atoms with Gasteiger partial charge in [0.2, 0.25) is 0 Å². The van der Waals surface area contributed by atoms with Crippen LogP contribution in [-0.2, 0) is 0 Å². The van der Waals surface area contributed by atoms with Crippen molar-refractivity contribution in [2.45, 2.75) is 0 Å². The smallest absolute Gasteiger partial charge is 0.145 e. The Kier molecular flexibility index (Phi) is 3.15. The number of hydrogen-bond donors (Lipinski definition) is 1. The van der Waals surface area contributed by atoms with Crippen molar-refractivity contribution in [2.24, 2.45) is 0 Å². The maximum atomic E-state index is 14.8. The monoisotopic (exact) mass is 385 g/mol. The molecule has 134 valence electrons. The molecule has 2 heterocycles. The predicted molar refractivity (Wildman–Crippen MR) is 113 cm³/mol. The second kappa shape index (κ2) is 5.60. The number of fused-ring (bicyclic) bond motifs is 7. The average molecular weight is 386 g/mol. The molecule has 4 heteroatoms. The van der Waals surface area contributed by atoms with Crippen molar-refractivity contribution in [3.8, 4) is 11.1 Å². The molecule has 0 spiro atoms. The summed E-state index contributed by atoms with van der Waals surface area (Å²) in [5.74, 6) is -0.309. The second-order valence-electron chi connectivity index (χ2n) is 6.94. The SMILES string of the molecule is Fc1ccc(Cl)cc1-c1cc2c3ccccc3oc2c2c1[nH]c1ccccc12. The van der Waals surface area contributed by atoms with Crippen LogP contribution in [0.4, 0.5) is 4.39 Å². The van der Waals surface area contributed by atoms with Gasteiger partial charge in [-0.05, 0) is 36.4 Å². The van der Waals surface area contributed by atoms with Crippen LogP contribution in [0.3, 0.4) is 0 Å². The lowest BCUT2D eigenvalue weighted by Gasteiger charge is -2.07. The van der Waals surface area contributed by atoms with Gasteiger partial charge in [-0.25, -0.2) is 4.39 Å². The molecule has 0 saturated heterocycles. The lowest BCUT2D eigenvalue weighted by molar-refractivity contribution is 0.631. The second-order valence-corrected chi connectivity index (χ2v) is 7.38. The fourth-order valence-corrected chi connectivity index (χ4v) is 4.28. The van der Waals surface area contributed by atoms with E-state index in [9.17, 15) is 4.39 Å². The van der Waals surface area contributed by atoms with Gasteiger partial charge in [-0.15, -0.1) is 0 Å². The summed E-state index contributed by atoms with van der Waals surface area (Å²) in [7, 11) is 0. The minimum absolute atomic E-state index is 0.309. The van der Waals surface area contributed by atoms with Gasteiger partial charge in [-0.3, -0.25) is 0 Å². The van der Waals surface area contributed by atoms with Crippen LogP contribution in [0.2, 0.25) is 5.02 Å². The maximum Gasteiger partial charge on any atom is 0.145 e. The Morgan fingerprint density at radius 3 is 2.46 bits per heavy atom. The molecule has 0 amide bonds. The van der Waals surface area contributed by atoms with E-state index in [1.807, 2.05) is 48.5 Å². The summed E-state index contributed by atoms with van der Waals surface area (Å²) >= 11 is 6.19. The van der Waals surface area contributed by atoms with Gasteiger partial charge in [0.05, 0.1) is 10.9 Å². The minimum atomic E-state index is -0.309. The third kappa shape index (κ3) is 2.08. The van der Waals surface area contributed by atoms with Gasteiger partial charge in [-0.2, -0.15) is 0 Å². The van der Waals surface area contributed by atoms with Crippen LogP contribution < -0.4 is 0 Å². The molecular formula is C24H13ClFNO. The first-order chi connectivity index (χ1) is 13.7. The van der Waals surface area contributed by atoms with Gasteiger partial charge in [0, 0.05) is 37.8 Å². The van der Waals surface area contributed by atoms with Gasteiger partial charge in [0.15, 0.2) is 0 Å². The van der Waals surface area contributed by atoms with Crippen LogP contribution in [0.1, 0.15) is 0 Å². The molecule has 0 aliphatic carbocycles. The van der Waals surface area contributed by atoms with E-state index in [1.54, 1.807) is 12.1 Å². The van der Waals surface area contributed by atoms with E-state index < -0.39 is 0 Å². The Morgan fingerprint density at radius 2 is 1.57 bits per heavy atom. The number of rotatable bonds is 1. The van der Waals surface area contributed by atoms with E-state index in [1.165, 1.54) is 6.07 Å². The molecule has 0 aliphatic rings. The number of furan rings is 1. The largest absolute Gasteiger partial charge is 0.455 e. The number of nitrogens with one attached hydrogen (secondary N) is 1. The Hall–Kier alpha value is -3.30. The molecule has 0 unspecified atom stereocenters. The van der Waals surface area contributed by atoms with E-state index in [2.05, 4.69) is 11.1 Å². The van der Waals surface area contributed by atoms with Crippen LogP contribution >= 0.6 is 11.6 Å². The van der Waals surface area contributed by atoms with Crippen LogP contribution in [0.25, 0.3) is 54.9 Å². The first kappa shape index (κ1) is 15.7. The molecule has 0 saturated carbocycles. The molecule has 4 aromatic carbocycles. The van der Waals surface area contributed by atoms with E-state index in [0.717, 1.165) is 49.3 Å². The van der Waals surface area contributed by atoms with Crippen molar-refractivity contribution in [1.29, 1.82) is 0 Å². The van der Waals surface area contributed by atoms with Crippen LogP contribution in [0, 0.1) is 5.82 Å².